The molecule has 0 unspecified atom stereocenters. The molecule has 2 atom stereocenters. The highest BCUT2D eigenvalue weighted by atomic mass is 32.2. The second kappa shape index (κ2) is 6.86. The van der Waals surface area contributed by atoms with E-state index in [1.807, 2.05) is 0 Å². The van der Waals surface area contributed by atoms with Crippen molar-refractivity contribution >= 4 is 21.6 Å². The van der Waals surface area contributed by atoms with E-state index in [2.05, 4.69) is 19.2 Å². The fourth-order valence-electron chi connectivity index (χ4n) is 3.11. The number of hydrogen-bond acceptors (Lipinski definition) is 3. The molecular weight excluding hydrogens is 319 g/mol. The van der Waals surface area contributed by atoms with Crippen molar-refractivity contribution in [2.24, 2.45) is 11.8 Å². The van der Waals surface area contributed by atoms with Gasteiger partial charge in [0.2, 0.25) is 0 Å². The molecule has 1 aliphatic heterocycles. The number of nitrogens with one attached hydrogen (secondary N) is 1. The topological polar surface area (TPSA) is 66.5 Å². The van der Waals surface area contributed by atoms with Gasteiger partial charge >= 0.3 is 6.03 Å². The predicted octanol–water partition coefficient (Wildman–Crippen LogP) is 2.88. The minimum atomic E-state index is -3.33. The fourth-order valence-corrected chi connectivity index (χ4v) is 3.91. The number of rotatable bonds is 3. The van der Waals surface area contributed by atoms with Crippen LogP contribution in [0.5, 0.6) is 0 Å². The number of carbonyl (C=O) groups is 1. The smallest absolute Gasteiger partial charge is 0.321 e. The zero-order valence-corrected chi connectivity index (χ0v) is 14.5. The Hall–Kier alpha value is -1.63. The average molecular weight is 342 g/mol. The Morgan fingerprint density at radius 3 is 2.48 bits per heavy atom. The summed E-state index contributed by atoms with van der Waals surface area (Å²) in [5, 5.41) is 2.73. The summed E-state index contributed by atoms with van der Waals surface area (Å²) in [6.45, 7) is 5.53. The van der Waals surface area contributed by atoms with Gasteiger partial charge in [0.1, 0.15) is 5.82 Å². The van der Waals surface area contributed by atoms with Crippen LogP contribution in [-0.4, -0.2) is 38.7 Å². The van der Waals surface area contributed by atoms with Crippen LogP contribution in [0.15, 0.2) is 18.2 Å². The second-order valence-corrected chi connectivity index (χ2v) is 8.79. The third kappa shape index (κ3) is 5.20. The van der Waals surface area contributed by atoms with E-state index in [4.69, 9.17) is 0 Å². The maximum atomic E-state index is 13.4. The Labute approximate surface area is 136 Å². The highest BCUT2D eigenvalue weighted by molar-refractivity contribution is 7.89. The number of anilines is 1. The number of halogens is 1. The average Bonchev–Trinajstić information content (AvgIpc) is 2.39. The molecule has 2 rings (SSSR count). The van der Waals surface area contributed by atoms with Crippen molar-refractivity contribution in [3.05, 3.63) is 29.6 Å². The number of nitrogens with zero attached hydrogens (tertiary/aromatic N) is 1. The van der Waals surface area contributed by atoms with E-state index in [9.17, 15) is 17.6 Å². The van der Waals surface area contributed by atoms with Crippen LogP contribution in [0.2, 0.25) is 0 Å². The van der Waals surface area contributed by atoms with Gasteiger partial charge in [-0.05, 0) is 42.0 Å². The molecule has 0 spiro atoms. The number of hydrogen-bond donors (Lipinski definition) is 1. The lowest BCUT2D eigenvalue weighted by Crippen LogP contribution is -2.44. The molecule has 0 radical (unpaired) electrons. The first-order chi connectivity index (χ1) is 10.6. The summed E-state index contributed by atoms with van der Waals surface area (Å²) in [6, 6.07) is 3.50. The van der Waals surface area contributed by atoms with Crippen molar-refractivity contribution in [2.45, 2.75) is 26.0 Å². The Kier molecular flexibility index (Phi) is 5.29. The summed E-state index contributed by atoms with van der Waals surface area (Å²) >= 11 is 0. The lowest BCUT2D eigenvalue weighted by atomic mass is 9.92. The molecule has 1 aromatic rings. The van der Waals surface area contributed by atoms with Crippen molar-refractivity contribution in [1.82, 2.24) is 4.90 Å². The lowest BCUT2D eigenvalue weighted by Gasteiger charge is -2.35. The molecule has 1 fully saturated rings. The summed E-state index contributed by atoms with van der Waals surface area (Å²) in [7, 11) is -3.33. The van der Waals surface area contributed by atoms with E-state index in [1.165, 1.54) is 12.1 Å². The Balaban J connectivity index is 2.17. The van der Waals surface area contributed by atoms with E-state index >= 15 is 0 Å². The highest BCUT2D eigenvalue weighted by Gasteiger charge is 2.26. The molecule has 7 heteroatoms. The normalized spacial score (nSPS) is 22.0. The number of piperidine rings is 1. The fraction of sp³-hybridized carbons (Fsp3) is 0.562. The van der Waals surface area contributed by atoms with Gasteiger partial charge < -0.3 is 10.2 Å². The van der Waals surface area contributed by atoms with E-state index in [-0.39, 0.29) is 17.3 Å². The van der Waals surface area contributed by atoms with Gasteiger partial charge in [-0.2, -0.15) is 0 Å². The van der Waals surface area contributed by atoms with Gasteiger partial charge in [0.25, 0.3) is 0 Å². The van der Waals surface area contributed by atoms with Crippen LogP contribution in [0.4, 0.5) is 14.9 Å². The van der Waals surface area contributed by atoms with E-state index < -0.39 is 15.7 Å². The summed E-state index contributed by atoms with van der Waals surface area (Å²) in [4.78, 5) is 14.2. The molecule has 0 bridgehead atoms. The number of urea groups is 1. The predicted molar refractivity (Wildman–Crippen MR) is 88.5 cm³/mol. The van der Waals surface area contributed by atoms with E-state index in [0.29, 0.717) is 30.6 Å². The molecule has 2 amide bonds. The molecule has 128 valence electrons. The first-order valence-corrected chi connectivity index (χ1v) is 9.72. The third-order valence-electron chi connectivity index (χ3n) is 3.88. The minimum Gasteiger partial charge on any atom is -0.324 e. The van der Waals surface area contributed by atoms with Crippen molar-refractivity contribution < 1.29 is 17.6 Å². The highest BCUT2D eigenvalue weighted by Crippen LogP contribution is 2.24. The molecule has 1 saturated heterocycles. The Morgan fingerprint density at radius 1 is 1.30 bits per heavy atom. The number of benzene rings is 1. The van der Waals surface area contributed by atoms with Crippen LogP contribution in [-0.2, 0) is 15.6 Å². The van der Waals surface area contributed by atoms with Gasteiger partial charge in [-0.25, -0.2) is 17.6 Å². The summed E-state index contributed by atoms with van der Waals surface area (Å²) in [6.07, 6.45) is 2.16. The number of likely N-dealkylation sites (tertiary alicyclic amines) is 1. The van der Waals surface area contributed by atoms with Gasteiger partial charge in [0.05, 0.1) is 5.75 Å². The molecule has 23 heavy (non-hydrogen) atoms. The number of sulfone groups is 1. The summed E-state index contributed by atoms with van der Waals surface area (Å²) in [5.41, 5.74) is 0.603. The SMILES string of the molecule is C[C@@H]1C[C@@H](C)CN(C(=O)Nc2ccc(F)cc2CS(C)(=O)=O)C1. The molecule has 1 heterocycles. The van der Waals surface area contributed by atoms with E-state index in [1.54, 1.807) is 4.90 Å². The van der Waals surface area contributed by atoms with Crippen LogP contribution >= 0.6 is 0 Å². The van der Waals surface area contributed by atoms with Gasteiger partial charge in [0.15, 0.2) is 9.84 Å². The first-order valence-electron chi connectivity index (χ1n) is 7.66. The van der Waals surface area contributed by atoms with Crippen LogP contribution in [0.25, 0.3) is 0 Å². The zero-order chi connectivity index (χ0) is 17.2. The van der Waals surface area contributed by atoms with Gasteiger partial charge in [0, 0.05) is 25.0 Å². The minimum absolute atomic E-state index is 0.263. The van der Waals surface area contributed by atoms with Crippen molar-refractivity contribution in [3.8, 4) is 0 Å². The van der Waals surface area contributed by atoms with Crippen LogP contribution in [0.1, 0.15) is 25.8 Å². The zero-order valence-electron chi connectivity index (χ0n) is 13.7. The van der Waals surface area contributed by atoms with Crippen LogP contribution in [0.3, 0.4) is 0 Å². The van der Waals surface area contributed by atoms with Gasteiger partial charge in [-0.15, -0.1) is 0 Å². The first kappa shape index (κ1) is 17.7. The maximum absolute atomic E-state index is 13.4. The standard InChI is InChI=1S/C16H23FN2O3S/c1-11-6-12(2)9-19(8-11)16(20)18-15-5-4-14(17)7-13(15)10-23(3,21)22/h4-5,7,11-12H,6,8-10H2,1-3H3,(H,18,20)/t11-,12-/m1/s1. The molecule has 1 N–H and O–H groups in total. The molecule has 0 aromatic heterocycles. The van der Waals surface area contributed by atoms with Crippen molar-refractivity contribution in [2.75, 3.05) is 24.7 Å². The molecule has 1 aliphatic rings. The molecular formula is C16H23FN2O3S. The molecule has 1 aromatic carbocycles. The number of amides is 2. The van der Waals surface area contributed by atoms with E-state index in [0.717, 1.165) is 18.7 Å². The quantitative estimate of drug-likeness (QED) is 0.918. The van der Waals surface area contributed by atoms with Crippen LogP contribution < -0.4 is 5.32 Å². The molecule has 0 saturated carbocycles. The Morgan fingerprint density at radius 2 is 1.91 bits per heavy atom. The van der Waals surface area contributed by atoms with Gasteiger partial charge in [-0.3, -0.25) is 0 Å². The monoisotopic (exact) mass is 342 g/mol. The summed E-state index contributed by atoms with van der Waals surface area (Å²) in [5.74, 6) is 0.0102. The van der Waals surface area contributed by atoms with Crippen molar-refractivity contribution in [3.63, 3.8) is 0 Å². The van der Waals surface area contributed by atoms with Crippen molar-refractivity contribution in [1.29, 1.82) is 0 Å². The second-order valence-electron chi connectivity index (χ2n) is 6.65. The van der Waals surface area contributed by atoms with Gasteiger partial charge in [-0.1, -0.05) is 13.8 Å². The van der Waals surface area contributed by atoms with Crippen LogP contribution in [0, 0.1) is 17.7 Å². The third-order valence-corrected chi connectivity index (χ3v) is 4.72. The lowest BCUT2D eigenvalue weighted by molar-refractivity contribution is 0.156. The maximum Gasteiger partial charge on any atom is 0.321 e. The Bertz CT molecular complexity index is 681. The molecule has 0 aliphatic carbocycles. The number of carbonyl (C=O) groups excluding carboxylic acids is 1. The molecule has 5 nitrogen and oxygen atoms in total. The largest absolute Gasteiger partial charge is 0.324 e. The summed E-state index contributed by atoms with van der Waals surface area (Å²) < 4.78 is 36.4.